The summed E-state index contributed by atoms with van der Waals surface area (Å²) in [4.78, 5) is 27.5. The Kier molecular flexibility index (Phi) is 7.00. The third-order valence-corrected chi connectivity index (χ3v) is 6.16. The first-order valence-corrected chi connectivity index (χ1v) is 11.4. The summed E-state index contributed by atoms with van der Waals surface area (Å²) in [5, 5.41) is 7.34. The Hall–Kier alpha value is -2.41. The molecule has 7 nitrogen and oxygen atoms in total. The number of rotatable bonds is 6. The van der Waals surface area contributed by atoms with Crippen LogP contribution in [-0.2, 0) is 37.4 Å². The van der Waals surface area contributed by atoms with Gasteiger partial charge in [0.25, 0.3) is 0 Å². The number of benzene rings is 1. The highest BCUT2D eigenvalue weighted by molar-refractivity contribution is 5.75. The molecule has 1 aromatic heterocycles. The lowest BCUT2D eigenvalue weighted by Crippen LogP contribution is -2.33. The summed E-state index contributed by atoms with van der Waals surface area (Å²) in [5.74, 6) is 0.634. The maximum absolute atomic E-state index is 12.5. The van der Waals surface area contributed by atoms with Gasteiger partial charge in [-0.1, -0.05) is 43.5 Å². The zero-order valence-electron chi connectivity index (χ0n) is 17.8. The van der Waals surface area contributed by atoms with E-state index in [0.29, 0.717) is 13.1 Å². The van der Waals surface area contributed by atoms with E-state index in [4.69, 9.17) is 0 Å². The summed E-state index contributed by atoms with van der Waals surface area (Å²) in [7, 11) is 0. The number of carbonyl (C=O) groups is 1. The van der Waals surface area contributed by atoms with Crippen LogP contribution >= 0.6 is 0 Å². The van der Waals surface area contributed by atoms with Crippen LogP contribution < -0.4 is 11.0 Å². The second-order valence-corrected chi connectivity index (χ2v) is 8.61. The molecule has 0 bridgehead atoms. The first kappa shape index (κ1) is 20.8. The molecule has 0 saturated carbocycles. The van der Waals surface area contributed by atoms with Crippen LogP contribution in [0.1, 0.15) is 61.9 Å². The number of hydrogen-bond acceptors (Lipinski definition) is 4. The van der Waals surface area contributed by atoms with E-state index in [1.165, 1.54) is 49.0 Å². The van der Waals surface area contributed by atoms with E-state index in [1.807, 2.05) is 6.07 Å². The van der Waals surface area contributed by atoms with Crippen molar-refractivity contribution >= 4 is 5.91 Å². The molecule has 0 unspecified atom stereocenters. The second kappa shape index (κ2) is 10.1. The lowest BCUT2D eigenvalue weighted by Gasteiger charge is -2.20. The molecule has 0 aliphatic carbocycles. The van der Waals surface area contributed by atoms with Gasteiger partial charge in [-0.25, -0.2) is 9.48 Å². The number of aromatic nitrogens is 3. The molecule has 1 fully saturated rings. The molecular weight excluding hydrogens is 378 g/mol. The summed E-state index contributed by atoms with van der Waals surface area (Å²) < 4.78 is 3.04. The van der Waals surface area contributed by atoms with Gasteiger partial charge in [0.15, 0.2) is 0 Å². The number of nitrogens with zero attached hydrogens (tertiary/aromatic N) is 4. The highest BCUT2D eigenvalue weighted by Crippen LogP contribution is 2.14. The van der Waals surface area contributed by atoms with Crippen molar-refractivity contribution in [3.8, 4) is 0 Å². The topological polar surface area (TPSA) is 72.2 Å². The molecule has 0 radical (unpaired) electrons. The Morgan fingerprint density at radius 2 is 1.70 bits per heavy atom. The van der Waals surface area contributed by atoms with Crippen molar-refractivity contribution in [2.75, 3.05) is 13.1 Å². The number of nitrogens with one attached hydrogen (secondary N) is 1. The molecule has 3 heterocycles. The van der Waals surface area contributed by atoms with E-state index in [-0.39, 0.29) is 18.1 Å². The summed E-state index contributed by atoms with van der Waals surface area (Å²) in [6.07, 6.45) is 9.23. The first-order chi connectivity index (χ1) is 14.7. The minimum Gasteiger partial charge on any atom is -0.350 e. The lowest BCUT2D eigenvalue weighted by molar-refractivity contribution is -0.122. The molecule has 2 aromatic rings. The number of amides is 1. The third kappa shape index (κ3) is 5.39. The summed E-state index contributed by atoms with van der Waals surface area (Å²) in [5.41, 5.74) is 2.21. The quantitative estimate of drug-likeness (QED) is 0.793. The van der Waals surface area contributed by atoms with Crippen LogP contribution in [0.3, 0.4) is 0 Å². The summed E-state index contributed by atoms with van der Waals surface area (Å²) >= 11 is 0. The molecule has 1 amide bonds. The molecule has 2 aliphatic heterocycles. The Bertz CT molecular complexity index is 909. The van der Waals surface area contributed by atoms with Crippen LogP contribution in [0.5, 0.6) is 0 Å². The Balaban J connectivity index is 1.31. The minimum absolute atomic E-state index is 0.0215. The predicted octanol–water partition coefficient (Wildman–Crippen LogP) is 2.46. The molecule has 0 spiro atoms. The van der Waals surface area contributed by atoms with Crippen LogP contribution in [0, 0.1) is 0 Å². The fourth-order valence-corrected chi connectivity index (χ4v) is 4.51. The standard InChI is InChI=1S/C23H33N5O2/c29-22(18-28-23(30)27-14-7-3-4-11-21(27)25-28)24-16-19-9-8-10-20(15-19)17-26-12-5-1-2-6-13-26/h8-10,15H,1-7,11-14,16-18H2,(H,24,29). The number of carbonyl (C=O) groups excluding carboxylic acids is 1. The number of likely N-dealkylation sites (tertiary alicyclic amines) is 1. The average molecular weight is 412 g/mol. The smallest absolute Gasteiger partial charge is 0.346 e. The third-order valence-electron chi connectivity index (χ3n) is 6.16. The molecular formula is C23H33N5O2. The van der Waals surface area contributed by atoms with Crippen LogP contribution in [0.4, 0.5) is 0 Å². The van der Waals surface area contributed by atoms with Gasteiger partial charge >= 0.3 is 5.69 Å². The second-order valence-electron chi connectivity index (χ2n) is 8.61. The van der Waals surface area contributed by atoms with Crippen LogP contribution in [0.25, 0.3) is 0 Å². The largest absolute Gasteiger partial charge is 0.350 e. The van der Waals surface area contributed by atoms with E-state index in [0.717, 1.165) is 43.6 Å². The minimum atomic E-state index is -0.178. The Morgan fingerprint density at radius 3 is 2.53 bits per heavy atom. The maximum Gasteiger partial charge on any atom is 0.346 e. The molecule has 7 heteroatoms. The number of aryl methyl sites for hydroxylation is 1. The molecule has 4 rings (SSSR count). The Morgan fingerprint density at radius 1 is 0.967 bits per heavy atom. The van der Waals surface area contributed by atoms with Gasteiger partial charge < -0.3 is 5.32 Å². The van der Waals surface area contributed by atoms with Crippen molar-refractivity contribution in [1.29, 1.82) is 0 Å². The fraction of sp³-hybridized carbons (Fsp3) is 0.609. The van der Waals surface area contributed by atoms with E-state index in [2.05, 4.69) is 33.5 Å². The van der Waals surface area contributed by atoms with Crippen LogP contribution in [0.15, 0.2) is 29.1 Å². The van der Waals surface area contributed by atoms with E-state index >= 15 is 0 Å². The van der Waals surface area contributed by atoms with Gasteiger partial charge in [-0.15, -0.1) is 0 Å². The zero-order valence-corrected chi connectivity index (χ0v) is 17.8. The molecule has 1 saturated heterocycles. The van der Waals surface area contributed by atoms with Crippen molar-refractivity contribution in [2.24, 2.45) is 0 Å². The summed E-state index contributed by atoms with van der Waals surface area (Å²) in [6.45, 7) is 4.47. The molecule has 1 aromatic carbocycles. The van der Waals surface area contributed by atoms with E-state index in [9.17, 15) is 9.59 Å². The van der Waals surface area contributed by atoms with Gasteiger partial charge in [-0.3, -0.25) is 14.3 Å². The van der Waals surface area contributed by atoms with Crippen molar-refractivity contribution in [1.82, 2.24) is 24.6 Å². The van der Waals surface area contributed by atoms with Gasteiger partial charge in [-0.05, 0) is 49.9 Å². The van der Waals surface area contributed by atoms with Gasteiger partial charge in [0.05, 0.1) is 0 Å². The predicted molar refractivity (Wildman–Crippen MR) is 116 cm³/mol. The SMILES string of the molecule is O=C(Cn1nc2n(c1=O)CCCCC2)NCc1cccc(CN2CCCCCC2)c1. The van der Waals surface area contributed by atoms with Crippen molar-refractivity contribution in [2.45, 2.75) is 77.5 Å². The van der Waals surface area contributed by atoms with Gasteiger partial charge in [0.1, 0.15) is 12.4 Å². The number of fused-ring (bicyclic) bond motifs is 1. The lowest BCUT2D eigenvalue weighted by atomic mass is 10.1. The average Bonchev–Trinajstić information content (AvgIpc) is 3.00. The highest BCUT2D eigenvalue weighted by Gasteiger charge is 2.17. The van der Waals surface area contributed by atoms with Gasteiger partial charge in [-0.2, -0.15) is 5.10 Å². The molecule has 30 heavy (non-hydrogen) atoms. The molecule has 1 N–H and O–H groups in total. The Labute approximate surface area is 178 Å². The van der Waals surface area contributed by atoms with Crippen LogP contribution in [0.2, 0.25) is 0 Å². The maximum atomic E-state index is 12.5. The fourth-order valence-electron chi connectivity index (χ4n) is 4.51. The summed E-state index contributed by atoms with van der Waals surface area (Å²) in [6, 6.07) is 8.44. The number of hydrogen-bond donors (Lipinski definition) is 1. The van der Waals surface area contributed by atoms with Crippen molar-refractivity contribution in [3.63, 3.8) is 0 Å². The van der Waals surface area contributed by atoms with Crippen molar-refractivity contribution in [3.05, 3.63) is 51.7 Å². The molecule has 162 valence electrons. The van der Waals surface area contributed by atoms with Crippen molar-refractivity contribution < 1.29 is 4.79 Å². The van der Waals surface area contributed by atoms with Crippen LogP contribution in [-0.4, -0.2) is 38.2 Å². The first-order valence-electron chi connectivity index (χ1n) is 11.4. The van der Waals surface area contributed by atoms with E-state index < -0.39 is 0 Å². The normalized spacial score (nSPS) is 17.7. The van der Waals surface area contributed by atoms with E-state index in [1.54, 1.807) is 4.57 Å². The highest BCUT2D eigenvalue weighted by atomic mass is 16.2. The monoisotopic (exact) mass is 411 g/mol. The molecule has 2 aliphatic rings. The molecule has 0 atom stereocenters. The van der Waals surface area contributed by atoms with Gasteiger partial charge in [0.2, 0.25) is 5.91 Å². The van der Waals surface area contributed by atoms with Gasteiger partial charge in [0, 0.05) is 26.1 Å². The zero-order chi connectivity index (χ0) is 20.8.